The molecule has 5 rings (SSSR count). The molecule has 4 atom stereocenters. The van der Waals surface area contributed by atoms with Crippen molar-refractivity contribution in [2.75, 3.05) is 44.0 Å². The van der Waals surface area contributed by atoms with Gasteiger partial charge in [0.25, 0.3) is 0 Å². The van der Waals surface area contributed by atoms with E-state index in [1.165, 1.54) is 18.9 Å². The van der Waals surface area contributed by atoms with Gasteiger partial charge in [-0.1, -0.05) is 30.8 Å². The van der Waals surface area contributed by atoms with Crippen LogP contribution in [-0.4, -0.2) is 75.8 Å². The molecule has 2 aliphatic heterocycles. The maximum absolute atomic E-state index is 13.8. The van der Waals surface area contributed by atoms with E-state index in [1.807, 2.05) is 32.2 Å². The first-order valence-corrected chi connectivity index (χ1v) is 17.6. The normalized spacial score (nSPS) is 23.2. The molecule has 2 amide bonds. The average Bonchev–Trinajstić information content (AvgIpc) is 3.55. The van der Waals surface area contributed by atoms with E-state index in [1.54, 1.807) is 30.9 Å². The Labute approximate surface area is 272 Å². The minimum absolute atomic E-state index is 0.0327. The Kier molecular flexibility index (Phi) is 10.00. The molecule has 0 bridgehead atoms. The summed E-state index contributed by atoms with van der Waals surface area (Å²) in [5.41, 5.74) is 2.51. The summed E-state index contributed by atoms with van der Waals surface area (Å²) in [6.45, 7) is 8.22. The van der Waals surface area contributed by atoms with Crippen LogP contribution in [0.5, 0.6) is 0 Å². The van der Waals surface area contributed by atoms with Crippen molar-refractivity contribution in [1.29, 1.82) is 0 Å². The Bertz CT molecular complexity index is 1620. The number of carbonyl (C=O) groups is 1. The van der Waals surface area contributed by atoms with Gasteiger partial charge in [0, 0.05) is 43.3 Å². The smallest absolute Gasteiger partial charge is 0.376 e. The predicted octanol–water partition coefficient (Wildman–Crippen LogP) is 5.55. The summed E-state index contributed by atoms with van der Waals surface area (Å²) in [6.07, 6.45) is -5.07. The summed E-state index contributed by atoms with van der Waals surface area (Å²) < 4.78 is 76.6. The van der Waals surface area contributed by atoms with Gasteiger partial charge in [-0.2, -0.15) is 13.2 Å². The second-order valence-corrected chi connectivity index (χ2v) is 15.3. The number of urea groups is 1. The van der Waals surface area contributed by atoms with E-state index < -0.39 is 40.2 Å². The van der Waals surface area contributed by atoms with Crippen LogP contribution in [0.1, 0.15) is 56.9 Å². The maximum atomic E-state index is 13.8. The lowest BCUT2D eigenvalue weighted by Crippen LogP contribution is -2.39. The second kappa shape index (κ2) is 13.3. The molecule has 3 N–H and O–H groups in total. The highest BCUT2D eigenvalue weighted by atomic mass is 32.2. The molecule has 0 spiro atoms. The van der Waals surface area contributed by atoms with Crippen molar-refractivity contribution in [3.8, 4) is 0 Å². The van der Waals surface area contributed by atoms with Crippen LogP contribution in [0, 0.1) is 11.8 Å². The number of hydrogen-bond acceptors (Lipinski definition) is 8. The lowest BCUT2D eigenvalue weighted by atomic mass is 9.91. The van der Waals surface area contributed by atoms with E-state index in [-0.39, 0.29) is 29.3 Å². The third kappa shape index (κ3) is 7.18. The van der Waals surface area contributed by atoms with E-state index in [2.05, 4.69) is 25.2 Å². The van der Waals surface area contributed by atoms with E-state index in [0.29, 0.717) is 48.0 Å². The summed E-state index contributed by atoms with van der Waals surface area (Å²) in [5.74, 6) is -0.997. The number of carbonyl (C=O) groups excluding carboxylic acids is 1. The molecule has 0 radical (unpaired) electrons. The van der Waals surface area contributed by atoms with Gasteiger partial charge in [0.15, 0.2) is 0 Å². The molecule has 1 aliphatic carbocycles. The number of thioether (sulfide) groups is 1. The number of halogens is 3. The van der Waals surface area contributed by atoms with Crippen LogP contribution in [-0.2, 0) is 21.2 Å². The highest BCUT2D eigenvalue weighted by Crippen LogP contribution is 2.49. The quantitative estimate of drug-likeness (QED) is 0.299. The number of anilines is 2. The van der Waals surface area contributed by atoms with Crippen molar-refractivity contribution in [2.45, 2.75) is 69.3 Å². The summed E-state index contributed by atoms with van der Waals surface area (Å²) in [5, 5.41) is 6.22. The Morgan fingerprint density at radius 3 is 2.59 bits per heavy atom. The van der Waals surface area contributed by atoms with Gasteiger partial charge in [0.1, 0.15) is 17.1 Å². The van der Waals surface area contributed by atoms with Gasteiger partial charge in [-0.25, -0.2) is 22.9 Å². The van der Waals surface area contributed by atoms with Crippen molar-refractivity contribution >= 4 is 44.4 Å². The van der Waals surface area contributed by atoms with Crippen LogP contribution in [0.25, 0.3) is 4.91 Å². The number of methoxy groups -OCH3 is 1. The highest BCUT2D eigenvalue weighted by molar-refractivity contribution is 8.09. The van der Waals surface area contributed by atoms with E-state index in [9.17, 15) is 26.4 Å². The lowest BCUT2D eigenvalue weighted by molar-refractivity contribution is -0.176. The summed E-state index contributed by atoms with van der Waals surface area (Å²) in [7, 11) is -0.656. The van der Waals surface area contributed by atoms with E-state index in [0.717, 1.165) is 17.4 Å². The second-order valence-electron chi connectivity index (χ2n) is 12.5. The van der Waals surface area contributed by atoms with Crippen LogP contribution in [0.3, 0.4) is 0 Å². The zero-order valence-electron chi connectivity index (χ0n) is 26.7. The van der Waals surface area contributed by atoms with Gasteiger partial charge in [-0.05, 0) is 81.5 Å². The Hall–Kier alpha value is -2.85. The van der Waals surface area contributed by atoms with Crippen molar-refractivity contribution < 1.29 is 31.1 Å². The van der Waals surface area contributed by atoms with Crippen LogP contribution < -0.4 is 20.3 Å². The first-order chi connectivity index (χ1) is 21.6. The van der Waals surface area contributed by atoms with Crippen LogP contribution >= 0.6 is 11.8 Å². The van der Waals surface area contributed by atoms with Crippen molar-refractivity contribution in [1.82, 2.24) is 19.9 Å². The molecule has 1 fully saturated rings. The molecular formula is C31H41F3N6O4S2. The minimum Gasteiger partial charge on any atom is -0.376 e. The number of likely N-dealkylation sites (N-methyl/N-ethyl adjacent to an activating group) is 1. The summed E-state index contributed by atoms with van der Waals surface area (Å²) in [4.78, 5) is 21.4. The number of rotatable bonds is 10. The third-order valence-corrected chi connectivity index (χ3v) is 11.7. The molecule has 1 saturated heterocycles. The number of ether oxygens (including phenoxy) is 1. The number of fused-ring (bicyclic) bond motifs is 1. The van der Waals surface area contributed by atoms with Gasteiger partial charge < -0.3 is 15.4 Å². The maximum Gasteiger partial charge on any atom is 0.391 e. The molecule has 1 aromatic heterocycles. The predicted molar refractivity (Wildman–Crippen MR) is 174 cm³/mol. The zero-order chi connectivity index (χ0) is 33.6. The van der Waals surface area contributed by atoms with Crippen LogP contribution in [0.4, 0.5) is 29.6 Å². The van der Waals surface area contributed by atoms with Gasteiger partial charge in [0.2, 0.25) is 10.0 Å². The molecule has 1 aromatic carbocycles. The SMILES string of the molecule is COC1c2c(cc(C3=C(C)CN(C)C(Nc4cccc(N5CCNC5=O)n4)S3)cc2S(=O)(=O)NC(C)C)CC1C[C@@H](C)C(F)(F)F. The van der Waals surface area contributed by atoms with Gasteiger partial charge >= 0.3 is 12.2 Å². The van der Waals surface area contributed by atoms with Crippen LogP contribution in [0.15, 0.2) is 40.8 Å². The minimum atomic E-state index is -4.36. The highest BCUT2D eigenvalue weighted by Gasteiger charge is 2.44. The number of hydrogen-bond donors (Lipinski definition) is 3. The molecule has 10 nitrogen and oxygen atoms in total. The molecule has 3 aliphatic rings. The Morgan fingerprint density at radius 1 is 1.22 bits per heavy atom. The first kappa shape index (κ1) is 34.5. The largest absolute Gasteiger partial charge is 0.391 e. The molecule has 15 heteroatoms. The number of nitrogens with zero attached hydrogens (tertiary/aromatic N) is 3. The molecule has 252 valence electrons. The fraction of sp³-hybridized carbons (Fsp3) is 0.548. The number of nitrogens with one attached hydrogen (secondary N) is 3. The monoisotopic (exact) mass is 682 g/mol. The van der Waals surface area contributed by atoms with E-state index in [4.69, 9.17) is 4.74 Å². The Balaban J connectivity index is 1.50. The fourth-order valence-electron chi connectivity index (χ4n) is 6.39. The lowest BCUT2D eigenvalue weighted by Gasteiger charge is -2.35. The molecule has 46 heavy (non-hydrogen) atoms. The molecule has 3 unspecified atom stereocenters. The molecule has 3 heterocycles. The molecule has 0 saturated carbocycles. The topological polar surface area (TPSA) is 116 Å². The number of pyridine rings is 1. The van der Waals surface area contributed by atoms with Gasteiger partial charge in [-0.15, -0.1) is 0 Å². The molecule has 2 aromatic rings. The number of benzene rings is 1. The number of sulfonamides is 1. The molecular weight excluding hydrogens is 642 g/mol. The number of aromatic nitrogens is 1. The van der Waals surface area contributed by atoms with Crippen molar-refractivity contribution in [2.24, 2.45) is 11.8 Å². The van der Waals surface area contributed by atoms with Crippen molar-refractivity contribution in [3.63, 3.8) is 0 Å². The van der Waals surface area contributed by atoms with Crippen LogP contribution in [0.2, 0.25) is 0 Å². The first-order valence-electron chi connectivity index (χ1n) is 15.2. The fourth-order valence-corrected chi connectivity index (χ4v) is 9.13. The average molecular weight is 683 g/mol. The van der Waals surface area contributed by atoms with Gasteiger partial charge in [-0.3, -0.25) is 9.80 Å². The van der Waals surface area contributed by atoms with E-state index >= 15 is 0 Å². The zero-order valence-corrected chi connectivity index (χ0v) is 28.4. The number of amides is 2. The van der Waals surface area contributed by atoms with Crippen molar-refractivity contribution in [3.05, 3.63) is 52.6 Å². The standard InChI is InChI=1S/C31H41F3N6O4S2/c1-17(2)38-46(42,43)23-15-22(14-20-13-21(27(44-6)26(20)23)12-19(4)31(32,33)34)28-18(3)16-39(5)30(45-28)37-24-8-7-9-25(36-24)40-11-10-35-29(40)41/h7-9,14-15,17,19,21,27,30,38H,10-13,16H2,1-6H3,(H,35,41)(H,36,37)/t19-,21?,27?,30?/m1/s1. The van der Waals surface area contributed by atoms with Gasteiger partial charge in [0.05, 0.1) is 16.9 Å². The summed E-state index contributed by atoms with van der Waals surface area (Å²) >= 11 is 1.50. The third-order valence-electron chi connectivity index (χ3n) is 8.48. The Morgan fingerprint density at radius 2 is 1.96 bits per heavy atom. The summed E-state index contributed by atoms with van der Waals surface area (Å²) in [6, 6.07) is 8.37. The number of alkyl halides is 3.